The van der Waals surface area contributed by atoms with Crippen LogP contribution in [0.15, 0.2) is 24.3 Å². The normalized spacial score (nSPS) is 10.3. The van der Waals surface area contributed by atoms with E-state index in [1.165, 1.54) is 19.3 Å². The quantitative estimate of drug-likeness (QED) is 0.639. The molecule has 1 rings (SSSR count). The van der Waals surface area contributed by atoms with Crippen molar-refractivity contribution in [2.45, 2.75) is 58.8 Å². The molecule has 122 valence electrons. The molecule has 4 heteroatoms. The number of hydrogen-bond donors (Lipinski definition) is 2. The minimum Gasteiger partial charge on any atom is -0.352 e. The predicted molar refractivity (Wildman–Crippen MR) is 91.1 cm³/mol. The Kier molecular flexibility index (Phi) is 8.96. The maximum absolute atomic E-state index is 11.9. The standard InChI is InChI=1S/C18H28N2O2/c1-3-5-6-7-8-12-17(21)20-16-11-9-10-15(14-16)18(22)19-13-4-2/h9-11,14H,3-8,12-13H2,1-2H3,(H,19,22)(H,20,21). The van der Waals surface area contributed by atoms with Gasteiger partial charge in [-0.05, 0) is 31.0 Å². The monoisotopic (exact) mass is 304 g/mol. The third-order valence-corrected chi connectivity index (χ3v) is 3.45. The van der Waals surface area contributed by atoms with E-state index in [0.29, 0.717) is 24.2 Å². The molecule has 1 aromatic carbocycles. The van der Waals surface area contributed by atoms with Crippen LogP contribution in [-0.4, -0.2) is 18.4 Å². The van der Waals surface area contributed by atoms with Gasteiger partial charge in [-0.15, -0.1) is 0 Å². The highest BCUT2D eigenvalue weighted by atomic mass is 16.2. The molecule has 1 aromatic rings. The highest BCUT2D eigenvalue weighted by Gasteiger charge is 2.07. The first-order chi connectivity index (χ1) is 10.7. The molecule has 0 aromatic heterocycles. The zero-order chi connectivity index (χ0) is 16.2. The van der Waals surface area contributed by atoms with Crippen LogP contribution in [0, 0.1) is 0 Å². The fourth-order valence-electron chi connectivity index (χ4n) is 2.19. The number of carbonyl (C=O) groups is 2. The molecule has 0 spiro atoms. The Bertz CT molecular complexity index is 472. The first kappa shape index (κ1) is 18.2. The third kappa shape index (κ3) is 7.25. The summed E-state index contributed by atoms with van der Waals surface area (Å²) in [4.78, 5) is 23.8. The molecule has 0 aliphatic heterocycles. The molecule has 0 fully saturated rings. The smallest absolute Gasteiger partial charge is 0.251 e. The van der Waals surface area contributed by atoms with Gasteiger partial charge in [-0.1, -0.05) is 45.6 Å². The lowest BCUT2D eigenvalue weighted by molar-refractivity contribution is -0.116. The summed E-state index contributed by atoms with van der Waals surface area (Å²) < 4.78 is 0. The van der Waals surface area contributed by atoms with Gasteiger partial charge < -0.3 is 10.6 Å². The Morgan fingerprint density at radius 2 is 1.77 bits per heavy atom. The maximum atomic E-state index is 11.9. The number of amides is 2. The molecule has 2 amide bonds. The van der Waals surface area contributed by atoms with E-state index in [2.05, 4.69) is 17.6 Å². The number of unbranched alkanes of at least 4 members (excludes halogenated alkanes) is 4. The van der Waals surface area contributed by atoms with Crippen molar-refractivity contribution < 1.29 is 9.59 Å². The maximum Gasteiger partial charge on any atom is 0.251 e. The average molecular weight is 304 g/mol. The SMILES string of the molecule is CCCCCCCC(=O)Nc1cccc(C(=O)NCCC)c1. The van der Waals surface area contributed by atoms with Crippen molar-refractivity contribution in [1.82, 2.24) is 5.32 Å². The van der Waals surface area contributed by atoms with Gasteiger partial charge >= 0.3 is 0 Å². The van der Waals surface area contributed by atoms with Crippen LogP contribution in [-0.2, 0) is 4.79 Å². The van der Waals surface area contributed by atoms with Crippen LogP contribution in [0.3, 0.4) is 0 Å². The topological polar surface area (TPSA) is 58.2 Å². The number of hydrogen-bond acceptors (Lipinski definition) is 2. The van der Waals surface area contributed by atoms with E-state index in [1.807, 2.05) is 13.0 Å². The van der Waals surface area contributed by atoms with Crippen molar-refractivity contribution in [3.8, 4) is 0 Å². The third-order valence-electron chi connectivity index (χ3n) is 3.45. The van der Waals surface area contributed by atoms with Crippen molar-refractivity contribution in [3.63, 3.8) is 0 Å². The van der Waals surface area contributed by atoms with Crippen LogP contribution in [0.25, 0.3) is 0 Å². The van der Waals surface area contributed by atoms with Gasteiger partial charge in [0.1, 0.15) is 0 Å². The molecule has 0 bridgehead atoms. The van der Waals surface area contributed by atoms with Crippen LogP contribution in [0.2, 0.25) is 0 Å². The molecule has 2 N–H and O–H groups in total. The molecule has 0 radical (unpaired) electrons. The van der Waals surface area contributed by atoms with Crippen molar-refractivity contribution in [2.24, 2.45) is 0 Å². The molecule has 0 saturated carbocycles. The van der Waals surface area contributed by atoms with E-state index in [4.69, 9.17) is 0 Å². The second-order valence-electron chi connectivity index (χ2n) is 5.55. The van der Waals surface area contributed by atoms with Crippen LogP contribution >= 0.6 is 0 Å². The molecule has 0 heterocycles. The minimum atomic E-state index is -0.0995. The highest BCUT2D eigenvalue weighted by Crippen LogP contribution is 2.12. The predicted octanol–water partition coefficient (Wildman–Crippen LogP) is 4.13. The Morgan fingerprint density at radius 3 is 2.50 bits per heavy atom. The summed E-state index contributed by atoms with van der Waals surface area (Å²) in [7, 11) is 0. The summed E-state index contributed by atoms with van der Waals surface area (Å²) in [5, 5.41) is 5.70. The largest absolute Gasteiger partial charge is 0.352 e. The molecular formula is C18H28N2O2. The summed E-state index contributed by atoms with van der Waals surface area (Å²) in [5.74, 6) is -0.0832. The lowest BCUT2D eigenvalue weighted by Gasteiger charge is -2.08. The number of carbonyl (C=O) groups excluding carboxylic acids is 2. The van der Waals surface area contributed by atoms with Crippen molar-refractivity contribution >= 4 is 17.5 Å². The Balaban J connectivity index is 2.41. The molecule has 0 atom stereocenters. The lowest BCUT2D eigenvalue weighted by atomic mass is 10.1. The summed E-state index contributed by atoms with van der Waals surface area (Å²) in [6, 6.07) is 7.08. The molecule has 0 aliphatic carbocycles. The van der Waals surface area contributed by atoms with Crippen molar-refractivity contribution in [3.05, 3.63) is 29.8 Å². The van der Waals surface area contributed by atoms with E-state index in [9.17, 15) is 9.59 Å². The van der Waals surface area contributed by atoms with Gasteiger partial charge in [0.15, 0.2) is 0 Å². The Morgan fingerprint density at radius 1 is 1.00 bits per heavy atom. The average Bonchev–Trinajstić information content (AvgIpc) is 2.52. The molecule has 0 aliphatic rings. The number of nitrogens with one attached hydrogen (secondary N) is 2. The van der Waals surface area contributed by atoms with Crippen molar-refractivity contribution in [2.75, 3.05) is 11.9 Å². The van der Waals surface area contributed by atoms with Gasteiger partial charge in [-0.3, -0.25) is 9.59 Å². The minimum absolute atomic E-state index is 0.0163. The Labute approximate surface area is 133 Å². The van der Waals surface area contributed by atoms with E-state index in [-0.39, 0.29) is 11.8 Å². The van der Waals surface area contributed by atoms with E-state index in [0.717, 1.165) is 19.3 Å². The van der Waals surface area contributed by atoms with Gasteiger partial charge in [0, 0.05) is 24.2 Å². The fraction of sp³-hybridized carbons (Fsp3) is 0.556. The number of benzene rings is 1. The summed E-state index contributed by atoms with van der Waals surface area (Å²) in [6.45, 7) is 4.85. The molecule has 4 nitrogen and oxygen atoms in total. The van der Waals surface area contributed by atoms with Crippen LogP contribution < -0.4 is 10.6 Å². The van der Waals surface area contributed by atoms with Gasteiger partial charge in [0.25, 0.3) is 5.91 Å². The van der Waals surface area contributed by atoms with Gasteiger partial charge in [0.05, 0.1) is 0 Å². The molecule has 0 unspecified atom stereocenters. The van der Waals surface area contributed by atoms with Crippen molar-refractivity contribution in [1.29, 1.82) is 0 Å². The van der Waals surface area contributed by atoms with Gasteiger partial charge in [-0.2, -0.15) is 0 Å². The summed E-state index contributed by atoms with van der Waals surface area (Å²) >= 11 is 0. The zero-order valence-corrected chi connectivity index (χ0v) is 13.8. The second kappa shape index (κ2) is 10.8. The first-order valence-electron chi connectivity index (χ1n) is 8.35. The lowest BCUT2D eigenvalue weighted by Crippen LogP contribution is -2.24. The Hall–Kier alpha value is -1.84. The van der Waals surface area contributed by atoms with E-state index >= 15 is 0 Å². The van der Waals surface area contributed by atoms with E-state index in [1.54, 1.807) is 18.2 Å². The highest BCUT2D eigenvalue weighted by molar-refractivity contribution is 5.97. The van der Waals surface area contributed by atoms with Gasteiger partial charge in [0.2, 0.25) is 5.91 Å². The van der Waals surface area contributed by atoms with Crippen LogP contribution in [0.5, 0.6) is 0 Å². The second-order valence-corrected chi connectivity index (χ2v) is 5.55. The fourth-order valence-corrected chi connectivity index (χ4v) is 2.19. The molecular weight excluding hydrogens is 276 g/mol. The van der Waals surface area contributed by atoms with Crippen LogP contribution in [0.4, 0.5) is 5.69 Å². The first-order valence-corrected chi connectivity index (χ1v) is 8.35. The summed E-state index contributed by atoms with van der Waals surface area (Å²) in [5.41, 5.74) is 1.26. The number of anilines is 1. The number of rotatable bonds is 10. The van der Waals surface area contributed by atoms with Crippen LogP contribution in [0.1, 0.15) is 69.2 Å². The molecule has 22 heavy (non-hydrogen) atoms. The van der Waals surface area contributed by atoms with Gasteiger partial charge in [-0.25, -0.2) is 0 Å². The zero-order valence-electron chi connectivity index (χ0n) is 13.8. The summed E-state index contributed by atoms with van der Waals surface area (Å²) in [6.07, 6.45) is 7.09. The molecule has 0 saturated heterocycles. The van der Waals surface area contributed by atoms with E-state index < -0.39 is 0 Å².